The van der Waals surface area contributed by atoms with Crippen LogP contribution in [0.2, 0.25) is 0 Å². The van der Waals surface area contributed by atoms with E-state index in [0.29, 0.717) is 0 Å². The van der Waals surface area contributed by atoms with Gasteiger partial charge < -0.3 is 10.6 Å². The predicted octanol–water partition coefficient (Wildman–Crippen LogP) is 2.24. The number of nitrogens with zero attached hydrogens (tertiary/aromatic N) is 1. The Morgan fingerprint density at radius 2 is 1.47 bits per heavy atom. The van der Waals surface area contributed by atoms with Gasteiger partial charge in [-0.3, -0.25) is 0 Å². The van der Waals surface area contributed by atoms with Crippen molar-refractivity contribution in [1.82, 2.24) is 4.90 Å². The Bertz CT molecular complexity index is 167. The van der Waals surface area contributed by atoms with E-state index in [-0.39, 0.29) is 0 Å². The van der Waals surface area contributed by atoms with Crippen molar-refractivity contribution in [2.24, 2.45) is 17.6 Å². The molecular formula is C13H26N2. The first-order valence-electron chi connectivity index (χ1n) is 6.81. The van der Waals surface area contributed by atoms with Gasteiger partial charge in [-0.2, -0.15) is 0 Å². The Morgan fingerprint density at radius 1 is 0.867 bits per heavy atom. The summed E-state index contributed by atoms with van der Waals surface area (Å²) in [5.41, 5.74) is 5.72. The number of likely N-dealkylation sites (tertiary alicyclic amines) is 1. The van der Waals surface area contributed by atoms with Crippen molar-refractivity contribution < 1.29 is 0 Å². The zero-order chi connectivity index (χ0) is 10.5. The molecule has 2 nitrogen and oxygen atoms in total. The lowest BCUT2D eigenvalue weighted by Gasteiger charge is -2.34. The average Bonchev–Trinajstić information content (AvgIpc) is 2.31. The third-order valence-corrected chi connectivity index (χ3v) is 4.26. The summed E-state index contributed by atoms with van der Waals surface area (Å²) in [6.45, 7) is 5.00. The van der Waals surface area contributed by atoms with Crippen molar-refractivity contribution in [3.05, 3.63) is 0 Å². The molecule has 2 N–H and O–H groups in total. The Balaban J connectivity index is 1.67. The van der Waals surface area contributed by atoms with E-state index in [1.807, 2.05) is 0 Å². The van der Waals surface area contributed by atoms with Gasteiger partial charge in [-0.05, 0) is 70.0 Å². The summed E-state index contributed by atoms with van der Waals surface area (Å²) in [5, 5.41) is 0. The van der Waals surface area contributed by atoms with E-state index in [0.717, 1.165) is 18.4 Å². The van der Waals surface area contributed by atoms with E-state index in [4.69, 9.17) is 5.73 Å². The van der Waals surface area contributed by atoms with E-state index in [2.05, 4.69) is 4.90 Å². The first kappa shape index (κ1) is 11.4. The van der Waals surface area contributed by atoms with E-state index < -0.39 is 0 Å². The van der Waals surface area contributed by atoms with Crippen LogP contribution in [0.1, 0.15) is 44.9 Å². The fourth-order valence-electron chi connectivity index (χ4n) is 3.16. The molecular weight excluding hydrogens is 184 g/mol. The highest BCUT2D eigenvalue weighted by atomic mass is 15.1. The Labute approximate surface area is 94.2 Å². The van der Waals surface area contributed by atoms with Gasteiger partial charge in [0.25, 0.3) is 0 Å². The fourth-order valence-corrected chi connectivity index (χ4v) is 3.16. The first-order chi connectivity index (χ1) is 7.38. The molecule has 0 unspecified atom stereocenters. The van der Waals surface area contributed by atoms with Crippen molar-refractivity contribution in [2.45, 2.75) is 44.9 Å². The molecule has 0 aromatic heterocycles. The highest BCUT2D eigenvalue weighted by Gasteiger charge is 2.22. The van der Waals surface area contributed by atoms with Crippen molar-refractivity contribution in [1.29, 1.82) is 0 Å². The van der Waals surface area contributed by atoms with Crippen LogP contribution in [0, 0.1) is 11.8 Å². The van der Waals surface area contributed by atoms with Gasteiger partial charge in [0.1, 0.15) is 0 Å². The summed E-state index contributed by atoms with van der Waals surface area (Å²) >= 11 is 0. The zero-order valence-corrected chi connectivity index (χ0v) is 9.96. The Kier molecular flexibility index (Phi) is 4.45. The molecule has 2 aliphatic rings. The maximum absolute atomic E-state index is 5.72. The summed E-state index contributed by atoms with van der Waals surface area (Å²) in [5.74, 6) is 1.81. The molecule has 0 spiro atoms. The molecule has 0 aromatic rings. The lowest BCUT2D eigenvalue weighted by molar-refractivity contribution is 0.160. The van der Waals surface area contributed by atoms with Gasteiger partial charge >= 0.3 is 0 Å². The number of hydrogen-bond acceptors (Lipinski definition) is 2. The van der Waals surface area contributed by atoms with Gasteiger partial charge in [0, 0.05) is 6.54 Å². The minimum Gasteiger partial charge on any atom is -0.330 e. The third-order valence-electron chi connectivity index (χ3n) is 4.26. The Hall–Kier alpha value is -0.0800. The molecule has 0 aromatic carbocycles. The standard InChI is InChI=1S/C13H26N2/c14-10-12-4-6-13(7-5-12)11-15-8-2-1-3-9-15/h12-13H,1-11,14H2. The molecule has 88 valence electrons. The van der Waals surface area contributed by atoms with Crippen LogP contribution in [0.25, 0.3) is 0 Å². The van der Waals surface area contributed by atoms with Crippen LogP contribution < -0.4 is 5.73 Å². The molecule has 1 saturated carbocycles. The molecule has 2 heteroatoms. The Morgan fingerprint density at radius 3 is 2.07 bits per heavy atom. The van der Waals surface area contributed by atoms with Gasteiger partial charge in [-0.25, -0.2) is 0 Å². The molecule has 15 heavy (non-hydrogen) atoms. The first-order valence-corrected chi connectivity index (χ1v) is 6.81. The highest BCUT2D eigenvalue weighted by Crippen LogP contribution is 2.29. The molecule has 0 amide bonds. The predicted molar refractivity (Wildman–Crippen MR) is 64.8 cm³/mol. The van der Waals surface area contributed by atoms with Crippen LogP contribution >= 0.6 is 0 Å². The molecule has 1 aliphatic heterocycles. The molecule has 2 fully saturated rings. The topological polar surface area (TPSA) is 29.3 Å². The minimum absolute atomic E-state index is 0.836. The molecule has 0 atom stereocenters. The molecule has 0 radical (unpaired) electrons. The van der Waals surface area contributed by atoms with E-state index in [9.17, 15) is 0 Å². The van der Waals surface area contributed by atoms with Crippen LogP contribution in [0.5, 0.6) is 0 Å². The third kappa shape index (κ3) is 3.46. The van der Waals surface area contributed by atoms with Crippen molar-refractivity contribution >= 4 is 0 Å². The average molecular weight is 210 g/mol. The highest BCUT2D eigenvalue weighted by molar-refractivity contribution is 4.76. The summed E-state index contributed by atoms with van der Waals surface area (Å²) in [6, 6.07) is 0. The van der Waals surface area contributed by atoms with Gasteiger partial charge in [-0.1, -0.05) is 6.42 Å². The van der Waals surface area contributed by atoms with Crippen LogP contribution in [-0.4, -0.2) is 31.1 Å². The van der Waals surface area contributed by atoms with Gasteiger partial charge in [-0.15, -0.1) is 0 Å². The maximum Gasteiger partial charge on any atom is 0.000966 e. The second kappa shape index (κ2) is 5.86. The summed E-state index contributed by atoms with van der Waals surface area (Å²) < 4.78 is 0. The van der Waals surface area contributed by atoms with Gasteiger partial charge in [0.15, 0.2) is 0 Å². The minimum atomic E-state index is 0.836. The number of hydrogen-bond donors (Lipinski definition) is 1. The zero-order valence-electron chi connectivity index (χ0n) is 9.96. The maximum atomic E-state index is 5.72. The van der Waals surface area contributed by atoms with Crippen molar-refractivity contribution in [3.8, 4) is 0 Å². The smallest absolute Gasteiger partial charge is 0.000966 e. The molecule has 0 bridgehead atoms. The molecule has 1 heterocycles. The van der Waals surface area contributed by atoms with E-state index >= 15 is 0 Å². The van der Waals surface area contributed by atoms with E-state index in [1.54, 1.807) is 0 Å². The van der Waals surface area contributed by atoms with Gasteiger partial charge in [0.2, 0.25) is 0 Å². The van der Waals surface area contributed by atoms with Crippen LogP contribution in [0.15, 0.2) is 0 Å². The number of nitrogens with two attached hydrogens (primary N) is 1. The second-order valence-electron chi connectivity index (χ2n) is 5.48. The quantitative estimate of drug-likeness (QED) is 0.774. The van der Waals surface area contributed by atoms with Crippen LogP contribution in [0.3, 0.4) is 0 Å². The number of rotatable bonds is 3. The van der Waals surface area contributed by atoms with Crippen LogP contribution in [-0.2, 0) is 0 Å². The normalized spacial score (nSPS) is 34.2. The van der Waals surface area contributed by atoms with Crippen molar-refractivity contribution in [3.63, 3.8) is 0 Å². The van der Waals surface area contributed by atoms with Crippen LogP contribution in [0.4, 0.5) is 0 Å². The monoisotopic (exact) mass is 210 g/mol. The molecule has 1 aliphatic carbocycles. The SMILES string of the molecule is NCC1CCC(CN2CCCCC2)CC1. The summed E-state index contributed by atoms with van der Waals surface area (Å²) in [4.78, 5) is 2.69. The second-order valence-corrected chi connectivity index (χ2v) is 5.48. The molecule has 2 rings (SSSR count). The molecule has 1 saturated heterocycles. The lowest BCUT2D eigenvalue weighted by atomic mass is 9.81. The summed E-state index contributed by atoms with van der Waals surface area (Å²) in [6.07, 6.45) is 9.94. The largest absolute Gasteiger partial charge is 0.330 e. The van der Waals surface area contributed by atoms with Gasteiger partial charge in [0.05, 0.1) is 0 Å². The fraction of sp³-hybridized carbons (Fsp3) is 1.00. The van der Waals surface area contributed by atoms with Crippen molar-refractivity contribution in [2.75, 3.05) is 26.2 Å². The number of piperidine rings is 1. The summed E-state index contributed by atoms with van der Waals surface area (Å²) in [7, 11) is 0. The lowest BCUT2D eigenvalue weighted by Crippen LogP contribution is -2.36. The van der Waals surface area contributed by atoms with E-state index in [1.165, 1.54) is 64.6 Å².